The van der Waals surface area contributed by atoms with Crippen molar-refractivity contribution < 1.29 is 9.59 Å². The Morgan fingerprint density at radius 3 is 2.78 bits per heavy atom. The summed E-state index contributed by atoms with van der Waals surface area (Å²) in [5, 5.41) is 4.99. The maximum atomic E-state index is 12.2. The Kier molecular flexibility index (Phi) is 5.08. The van der Waals surface area contributed by atoms with Crippen molar-refractivity contribution in [3.63, 3.8) is 0 Å². The molecular weight excluding hydrogens is 308 g/mol. The fraction of sp³-hybridized carbons (Fsp3) is 0.333. The van der Waals surface area contributed by atoms with Gasteiger partial charge in [0.25, 0.3) is 0 Å². The number of hydrogen-bond acceptors (Lipinski definition) is 3. The quantitative estimate of drug-likeness (QED) is 0.885. The van der Waals surface area contributed by atoms with E-state index in [4.69, 9.17) is 0 Å². The molecule has 1 atom stereocenters. The Balaban J connectivity index is 1.47. The van der Waals surface area contributed by atoms with Crippen molar-refractivity contribution >= 4 is 23.2 Å². The zero-order valence-electron chi connectivity index (χ0n) is 12.9. The summed E-state index contributed by atoms with van der Waals surface area (Å²) in [5.41, 5.74) is 1.10. The highest BCUT2D eigenvalue weighted by Gasteiger charge is 2.33. The van der Waals surface area contributed by atoms with Crippen LogP contribution in [-0.4, -0.2) is 29.8 Å². The van der Waals surface area contributed by atoms with E-state index in [1.54, 1.807) is 16.2 Å². The van der Waals surface area contributed by atoms with Crippen molar-refractivity contribution in [2.24, 2.45) is 5.92 Å². The lowest BCUT2D eigenvalue weighted by Crippen LogP contribution is -2.34. The van der Waals surface area contributed by atoms with Gasteiger partial charge < -0.3 is 10.2 Å². The second kappa shape index (κ2) is 7.42. The number of likely N-dealkylation sites (tertiary alicyclic amines) is 1. The van der Waals surface area contributed by atoms with E-state index in [9.17, 15) is 9.59 Å². The molecule has 0 radical (unpaired) electrons. The molecule has 1 aromatic heterocycles. The maximum Gasteiger partial charge on any atom is 0.225 e. The second-order valence-corrected chi connectivity index (χ2v) is 6.81. The van der Waals surface area contributed by atoms with Crippen LogP contribution in [0.3, 0.4) is 0 Å². The first-order valence-corrected chi connectivity index (χ1v) is 8.72. The van der Waals surface area contributed by atoms with E-state index < -0.39 is 0 Å². The number of hydrogen-bond donors (Lipinski definition) is 1. The molecule has 5 heteroatoms. The normalized spacial score (nSPS) is 17.5. The number of nitrogens with one attached hydrogen (secondary N) is 1. The molecule has 2 amide bonds. The highest BCUT2D eigenvalue weighted by molar-refractivity contribution is 7.09. The van der Waals surface area contributed by atoms with Crippen molar-refractivity contribution in [2.75, 3.05) is 13.1 Å². The lowest BCUT2D eigenvalue weighted by atomic mass is 10.1. The summed E-state index contributed by atoms with van der Waals surface area (Å²) < 4.78 is 0. The van der Waals surface area contributed by atoms with E-state index in [0.717, 1.165) is 12.0 Å². The van der Waals surface area contributed by atoms with Gasteiger partial charge in [-0.05, 0) is 23.4 Å². The number of benzene rings is 1. The minimum atomic E-state index is -0.227. The molecule has 1 aliphatic heterocycles. The molecule has 120 valence electrons. The average molecular weight is 328 g/mol. The van der Waals surface area contributed by atoms with Gasteiger partial charge in [-0.2, -0.15) is 0 Å². The first kappa shape index (κ1) is 15.7. The SMILES string of the molecule is O=C(NCCc1cccs1)C1CC(=O)N(Cc2ccccc2)C1. The van der Waals surface area contributed by atoms with Crippen molar-refractivity contribution in [2.45, 2.75) is 19.4 Å². The maximum absolute atomic E-state index is 12.2. The molecule has 0 spiro atoms. The average Bonchev–Trinajstić information content (AvgIpc) is 3.19. The number of amides is 2. The monoisotopic (exact) mass is 328 g/mol. The summed E-state index contributed by atoms with van der Waals surface area (Å²) in [6.45, 7) is 1.72. The smallest absolute Gasteiger partial charge is 0.225 e. The van der Waals surface area contributed by atoms with Crippen molar-refractivity contribution in [3.8, 4) is 0 Å². The van der Waals surface area contributed by atoms with Crippen molar-refractivity contribution in [1.29, 1.82) is 0 Å². The van der Waals surface area contributed by atoms with Gasteiger partial charge in [-0.15, -0.1) is 11.3 Å². The molecule has 2 aromatic rings. The molecule has 3 rings (SSSR count). The second-order valence-electron chi connectivity index (χ2n) is 5.78. The summed E-state index contributed by atoms with van der Waals surface area (Å²) in [6, 6.07) is 14.0. The predicted octanol–water partition coefficient (Wildman–Crippen LogP) is 2.46. The highest BCUT2D eigenvalue weighted by atomic mass is 32.1. The summed E-state index contributed by atoms with van der Waals surface area (Å²) >= 11 is 1.70. The molecule has 1 N–H and O–H groups in total. The molecule has 0 saturated carbocycles. The Bertz CT molecular complexity index is 655. The van der Waals surface area contributed by atoms with E-state index in [0.29, 0.717) is 26.1 Å². The van der Waals surface area contributed by atoms with Crippen LogP contribution in [0.1, 0.15) is 16.9 Å². The fourth-order valence-electron chi connectivity index (χ4n) is 2.81. The molecule has 0 aliphatic carbocycles. The highest BCUT2D eigenvalue weighted by Crippen LogP contribution is 2.20. The number of nitrogens with zero attached hydrogens (tertiary/aromatic N) is 1. The number of thiophene rings is 1. The Morgan fingerprint density at radius 2 is 2.04 bits per heavy atom. The summed E-state index contributed by atoms with van der Waals surface area (Å²) in [7, 11) is 0. The first-order chi connectivity index (χ1) is 11.2. The number of carbonyl (C=O) groups is 2. The predicted molar refractivity (Wildman–Crippen MR) is 91.0 cm³/mol. The largest absolute Gasteiger partial charge is 0.355 e. The van der Waals surface area contributed by atoms with Crippen LogP contribution in [-0.2, 0) is 22.6 Å². The molecular formula is C18H20N2O2S. The topological polar surface area (TPSA) is 49.4 Å². The third kappa shape index (κ3) is 4.20. The zero-order chi connectivity index (χ0) is 16.1. The van der Waals surface area contributed by atoms with Crippen LogP contribution in [0.5, 0.6) is 0 Å². The molecule has 23 heavy (non-hydrogen) atoms. The van der Waals surface area contributed by atoms with E-state index >= 15 is 0 Å². The van der Waals surface area contributed by atoms with Crippen LogP contribution < -0.4 is 5.32 Å². The van der Waals surface area contributed by atoms with Crippen molar-refractivity contribution in [1.82, 2.24) is 10.2 Å². The van der Waals surface area contributed by atoms with Crippen LogP contribution in [0.25, 0.3) is 0 Å². The van der Waals surface area contributed by atoms with Crippen LogP contribution in [0.2, 0.25) is 0 Å². The first-order valence-electron chi connectivity index (χ1n) is 7.84. The molecule has 1 aliphatic rings. The van der Waals surface area contributed by atoms with E-state index in [1.807, 2.05) is 41.8 Å². The van der Waals surface area contributed by atoms with Gasteiger partial charge >= 0.3 is 0 Å². The van der Waals surface area contributed by atoms with Crippen molar-refractivity contribution in [3.05, 3.63) is 58.3 Å². The Morgan fingerprint density at radius 1 is 1.22 bits per heavy atom. The number of rotatable bonds is 6. The van der Waals surface area contributed by atoms with Crippen LogP contribution in [0.4, 0.5) is 0 Å². The van der Waals surface area contributed by atoms with E-state index in [2.05, 4.69) is 11.4 Å². The zero-order valence-corrected chi connectivity index (χ0v) is 13.7. The molecule has 1 aromatic carbocycles. The molecule has 1 saturated heterocycles. The molecule has 0 bridgehead atoms. The van der Waals surface area contributed by atoms with Gasteiger partial charge in [0.1, 0.15) is 0 Å². The summed E-state index contributed by atoms with van der Waals surface area (Å²) in [6.07, 6.45) is 1.16. The standard InChI is InChI=1S/C18H20N2O2S/c21-17-11-15(13-20(17)12-14-5-2-1-3-6-14)18(22)19-9-8-16-7-4-10-23-16/h1-7,10,15H,8-9,11-13H2,(H,19,22). The third-order valence-corrected chi connectivity index (χ3v) is 4.99. The van der Waals surface area contributed by atoms with Gasteiger partial charge in [0.05, 0.1) is 5.92 Å². The van der Waals surface area contributed by atoms with Crippen LogP contribution >= 0.6 is 11.3 Å². The molecule has 1 unspecified atom stereocenters. The van der Waals surface area contributed by atoms with Gasteiger partial charge in [-0.25, -0.2) is 0 Å². The van der Waals surface area contributed by atoms with Gasteiger partial charge in [0, 0.05) is 30.9 Å². The van der Waals surface area contributed by atoms with Gasteiger partial charge in [-0.1, -0.05) is 36.4 Å². The molecule has 1 fully saturated rings. The summed E-state index contributed by atoms with van der Waals surface area (Å²) in [4.78, 5) is 27.4. The lowest BCUT2D eigenvalue weighted by molar-refractivity contribution is -0.129. The van der Waals surface area contributed by atoms with E-state index in [1.165, 1.54) is 4.88 Å². The lowest BCUT2D eigenvalue weighted by Gasteiger charge is -2.16. The third-order valence-electron chi connectivity index (χ3n) is 4.05. The Hall–Kier alpha value is -2.14. The number of carbonyl (C=O) groups excluding carboxylic acids is 2. The van der Waals surface area contributed by atoms with Gasteiger partial charge in [0.15, 0.2) is 0 Å². The van der Waals surface area contributed by atoms with E-state index in [-0.39, 0.29) is 17.7 Å². The molecule has 4 nitrogen and oxygen atoms in total. The molecule has 2 heterocycles. The minimum Gasteiger partial charge on any atom is -0.355 e. The van der Waals surface area contributed by atoms with Crippen LogP contribution in [0.15, 0.2) is 47.8 Å². The van der Waals surface area contributed by atoms with Gasteiger partial charge in [0.2, 0.25) is 11.8 Å². The minimum absolute atomic E-state index is 0.00883. The Labute approximate surface area is 140 Å². The van der Waals surface area contributed by atoms with Crippen LogP contribution in [0, 0.1) is 5.92 Å². The van der Waals surface area contributed by atoms with Gasteiger partial charge in [-0.3, -0.25) is 9.59 Å². The summed E-state index contributed by atoms with van der Waals surface area (Å²) in [5.74, 6) is -0.174. The fourth-order valence-corrected chi connectivity index (χ4v) is 3.52.